The van der Waals surface area contributed by atoms with E-state index in [2.05, 4.69) is 18.7 Å². The van der Waals surface area contributed by atoms with Gasteiger partial charge >= 0.3 is 0 Å². The highest BCUT2D eigenvalue weighted by Gasteiger charge is 2.32. The van der Waals surface area contributed by atoms with Gasteiger partial charge < -0.3 is 10.0 Å². The van der Waals surface area contributed by atoms with E-state index in [4.69, 9.17) is 5.11 Å². The molecule has 1 saturated heterocycles. The summed E-state index contributed by atoms with van der Waals surface area (Å²) in [6.45, 7) is 5.98. The van der Waals surface area contributed by atoms with Crippen LogP contribution in [0.5, 0.6) is 0 Å². The van der Waals surface area contributed by atoms with Crippen LogP contribution in [-0.4, -0.2) is 59.6 Å². The SMILES string of the molecule is CCN1C(C)CCN(C)C(=O)C1CCO. The summed E-state index contributed by atoms with van der Waals surface area (Å²) in [5, 5.41) is 9.02. The van der Waals surface area contributed by atoms with E-state index >= 15 is 0 Å². The number of likely N-dealkylation sites (N-methyl/N-ethyl adjacent to an activating group) is 2. The van der Waals surface area contributed by atoms with Crippen LogP contribution in [0.1, 0.15) is 26.7 Å². The monoisotopic (exact) mass is 214 g/mol. The fourth-order valence-electron chi connectivity index (χ4n) is 2.30. The number of hydrogen-bond acceptors (Lipinski definition) is 3. The van der Waals surface area contributed by atoms with Crippen LogP contribution in [0.15, 0.2) is 0 Å². The zero-order chi connectivity index (χ0) is 11.4. The minimum atomic E-state index is -0.137. The first-order valence-corrected chi connectivity index (χ1v) is 5.73. The van der Waals surface area contributed by atoms with Gasteiger partial charge in [-0.1, -0.05) is 6.92 Å². The molecule has 15 heavy (non-hydrogen) atoms. The van der Waals surface area contributed by atoms with Crippen molar-refractivity contribution in [3.8, 4) is 0 Å². The fraction of sp³-hybridized carbons (Fsp3) is 0.909. The summed E-state index contributed by atoms with van der Waals surface area (Å²) in [6, 6.07) is 0.281. The van der Waals surface area contributed by atoms with Gasteiger partial charge in [0.2, 0.25) is 5.91 Å². The molecule has 0 aliphatic carbocycles. The van der Waals surface area contributed by atoms with E-state index in [-0.39, 0.29) is 18.6 Å². The van der Waals surface area contributed by atoms with Gasteiger partial charge in [-0.15, -0.1) is 0 Å². The molecule has 4 heteroatoms. The minimum Gasteiger partial charge on any atom is -0.396 e. The summed E-state index contributed by atoms with van der Waals surface area (Å²) in [5.74, 6) is 0.148. The van der Waals surface area contributed by atoms with Crippen LogP contribution in [0.25, 0.3) is 0 Å². The topological polar surface area (TPSA) is 43.8 Å². The second kappa shape index (κ2) is 5.47. The van der Waals surface area contributed by atoms with Crippen LogP contribution in [0.2, 0.25) is 0 Å². The summed E-state index contributed by atoms with van der Waals surface area (Å²) in [4.78, 5) is 16.0. The van der Waals surface area contributed by atoms with Crippen molar-refractivity contribution in [2.24, 2.45) is 0 Å². The van der Waals surface area contributed by atoms with Crippen molar-refractivity contribution in [3.63, 3.8) is 0 Å². The number of nitrogens with zero attached hydrogens (tertiary/aromatic N) is 2. The first-order chi connectivity index (χ1) is 7.11. The molecule has 0 spiro atoms. The third-order valence-corrected chi connectivity index (χ3v) is 3.28. The van der Waals surface area contributed by atoms with Gasteiger partial charge in [-0.25, -0.2) is 0 Å². The molecule has 1 amide bonds. The van der Waals surface area contributed by atoms with Crippen LogP contribution in [0.4, 0.5) is 0 Å². The molecule has 1 aliphatic heterocycles. The maximum Gasteiger partial charge on any atom is 0.239 e. The number of hydrogen-bond donors (Lipinski definition) is 1. The highest BCUT2D eigenvalue weighted by atomic mass is 16.3. The molecule has 0 bridgehead atoms. The van der Waals surface area contributed by atoms with Gasteiger partial charge in [0.05, 0.1) is 6.04 Å². The molecule has 4 nitrogen and oxygen atoms in total. The number of aliphatic hydroxyl groups is 1. The minimum absolute atomic E-state index is 0.0769. The molecule has 0 saturated carbocycles. The van der Waals surface area contributed by atoms with Gasteiger partial charge in [0.1, 0.15) is 0 Å². The van der Waals surface area contributed by atoms with Crippen molar-refractivity contribution in [2.45, 2.75) is 38.8 Å². The van der Waals surface area contributed by atoms with Crippen LogP contribution < -0.4 is 0 Å². The first kappa shape index (κ1) is 12.5. The van der Waals surface area contributed by atoms with E-state index in [0.717, 1.165) is 19.5 Å². The first-order valence-electron chi connectivity index (χ1n) is 5.73. The zero-order valence-corrected chi connectivity index (χ0v) is 9.94. The predicted octanol–water partition coefficient (Wildman–Crippen LogP) is 0.310. The molecule has 1 aliphatic rings. The number of amides is 1. The molecular weight excluding hydrogens is 192 g/mol. The van der Waals surface area contributed by atoms with Gasteiger partial charge in [-0.2, -0.15) is 0 Å². The van der Waals surface area contributed by atoms with Gasteiger partial charge in [-0.05, 0) is 26.3 Å². The Balaban J connectivity index is 2.83. The van der Waals surface area contributed by atoms with Crippen molar-refractivity contribution < 1.29 is 9.90 Å². The summed E-state index contributed by atoms with van der Waals surface area (Å²) in [7, 11) is 1.85. The summed E-state index contributed by atoms with van der Waals surface area (Å²) < 4.78 is 0. The molecule has 1 rings (SSSR count). The summed E-state index contributed by atoms with van der Waals surface area (Å²) >= 11 is 0. The van der Waals surface area contributed by atoms with E-state index in [1.165, 1.54) is 0 Å². The third-order valence-electron chi connectivity index (χ3n) is 3.28. The lowest BCUT2D eigenvalue weighted by Gasteiger charge is -2.32. The molecule has 0 radical (unpaired) electrons. The van der Waals surface area contributed by atoms with E-state index < -0.39 is 0 Å². The maximum atomic E-state index is 12.0. The molecule has 2 atom stereocenters. The van der Waals surface area contributed by atoms with Crippen LogP contribution in [0.3, 0.4) is 0 Å². The molecule has 1 N–H and O–H groups in total. The predicted molar refractivity (Wildman–Crippen MR) is 59.6 cm³/mol. The highest BCUT2D eigenvalue weighted by molar-refractivity contribution is 5.82. The van der Waals surface area contributed by atoms with E-state index in [9.17, 15) is 4.79 Å². The van der Waals surface area contributed by atoms with Crippen molar-refractivity contribution in [3.05, 3.63) is 0 Å². The smallest absolute Gasteiger partial charge is 0.239 e. The summed E-state index contributed by atoms with van der Waals surface area (Å²) in [6.07, 6.45) is 1.55. The van der Waals surface area contributed by atoms with Gasteiger partial charge in [0, 0.05) is 26.2 Å². The Morgan fingerprint density at radius 1 is 1.53 bits per heavy atom. The number of carbonyl (C=O) groups is 1. The largest absolute Gasteiger partial charge is 0.396 e. The zero-order valence-electron chi connectivity index (χ0n) is 9.94. The normalized spacial score (nSPS) is 29.3. The Labute approximate surface area is 91.9 Å². The fourth-order valence-corrected chi connectivity index (χ4v) is 2.30. The van der Waals surface area contributed by atoms with Crippen molar-refractivity contribution in [1.82, 2.24) is 9.80 Å². The molecular formula is C11H22N2O2. The Hall–Kier alpha value is -0.610. The molecule has 0 aromatic rings. The Morgan fingerprint density at radius 3 is 2.73 bits per heavy atom. The average Bonchev–Trinajstić information content (AvgIpc) is 2.32. The van der Waals surface area contributed by atoms with Crippen molar-refractivity contribution in [2.75, 3.05) is 26.7 Å². The Kier molecular flexibility index (Phi) is 4.54. The molecule has 2 unspecified atom stereocenters. The Bertz CT molecular complexity index is 221. The van der Waals surface area contributed by atoms with Crippen molar-refractivity contribution in [1.29, 1.82) is 0 Å². The molecule has 88 valence electrons. The second-order valence-electron chi connectivity index (χ2n) is 4.26. The van der Waals surface area contributed by atoms with Crippen LogP contribution in [-0.2, 0) is 4.79 Å². The van der Waals surface area contributed by atoms with E-state index in [1.807, 2.05) is 7.05 Å². The number of rotatable bonds is 3. The van der Waals surface area contributed by atoms with E-state index in [1.54, 1.807) is 4.90 Å². The van der Waals surface area contributed by atoms with Gasteiger partial charge in [-0.3, -0.25) is 9.69 Å². The Morgan fingerprint density at radius 2 is 2.20 bits per heavy atom. The molecule has 0 aromatic heterocycles. The van der Waals surface area contributed by atoms with Crippen molar-refractivity contribution >= 4 is 5.91 Å². The van der Waals surface area contributed by atoms with Crippen LogP contribution in [0, 0.1) is 0 Å². The number of aliphatic hydroxyl groups excluding tert-OH is 1. The maximum absolute atomic E-state index is 12.0. The highest BCUT2D eigenvalue weighted by Crippen LogP contribution is 2.18. The molecule has 1 heterocycles. The van der Waals surface area contributed by atoms with Gasteiger partial charge in [0.15, 0.2) is 0 Å². The van der Waals surface area contributed by atoms with Crippen LogP contribution >= 0.6 is 0 Å². The van der Waals surface area contributed by atoms with E-state index in [0.29, 0.717) is 12.5 Å². The standard InChI is InChI=1S/C11H22N2O2/c1-4-13-9(2)5-7-12(3)11(15)10(13)6-8-14/h9-10,14H,4-8H2,1-3H3. The lowest BCUT2D eigenvalue weighted by molar-refractivity contribution is -0.135. The molecule has 0 aromatic carbocycles. The van der Waals surface area contributed by atoms with Gasteiger partial charge in [0.25, 0.3) is 0 Å². The second-order valence-corrected chi connectivity index (χ2v) is 4.26. The molecule has 1 fully saturated rings. The lowest BCUT2D eigenvalue weighted by atomic mass is 10.1. The summed E-state index contributed by atoms with van der Waals surface area (Å²) in [5.41, 5.74) is 0. The quantitative estimate of drug-likeness (QED) is 0.735. The third kappa shape index (κ3) is 2.69. The average molecular weight is 214 g/mol. The number of carbonyl (C=O) groups excluding carboxylic acids is 1. The lowest BCUT2D eigenvalue weighted by Crippen LogP contribution is -2.47.